The number of hydrogen-bond donors (Lipinski definition) is 1. The minimum absolute atomic E-state index is 0. The Labute approximate surface area is 36.6 Å². The average molecular weight is 148 g/mol. The summed E-state index contributed by atoms with van der Waals surface area (Å²) < 4.78 is 0. The molecule has 0 rings (SSSR count). The molecule has 0 saturated carbocycles. The zero-order valence-corrected chi connectivity index (χ0v) is 3.33. The summed E-state index contributed by atoms with van der Waals surface area (Å²) in [4.78, 5) is 8.24. The van der Waals surface area contributed by atoms with Gasteiger partial charge in [0.05, 0.1) is 0 Å². The van der Waals surface area contributed by atoms with Crippen LogP contribution in [0.5, 0.6) is 0 Å². The summed E-state index contributed by atoms with van der Waals surface area (Å²) in [5, 5.41) is 6.76. The Morgan fingerprint density at radius 2 is 1.75 bits per heavy atom. The fraction of sp³-hybridized carbons (Fsp3) is 0. The summed E-state index contributed by atoms with van der Waals surface area (Å²) in [7, 11) is 0. The Hall–Kier alpha value is 0.0934. The Bertz CT molecular complexity index is 13.5. The fourth-order valence-electron chi connectivity index (χ4n) is 0. The minimum atomic E-state index is 0. The summed E-state index contributed by atoms with van der Waals surface area (Å²) in [6.07, 6.45) is 0. The van der Waals surface area contributed by atoms with Crippen LogP contribution >= 0.6 is 0 Å². The van der Waals surface area contributed by atoms with Gasteiger partial charge in [-0.3, -0.25) is 0 Å². The van der Waals surface area contributed by atoms with E-state index in [9.17, 15) is 0 Å². The molecule has 0 saturated heterocycles. The quantitative estimate of drug-likeness (QED) is 0.375. The number of hydrogen-bond acceptors (Lipinski definition) is 1. The van der Waals surface area contributed by atoms with Crippen LogP contribution in [-0.4, -0.2) is 11.6 Å². The molecule has 0 aromatic rings. The standard InChI is InChI=1S/CHO2.Rh/c2-1-3;/h(H,2,3);/q-1;. The summed E-state index contributed by atoms with van der Waals surface area (Å²) in [5.41, 5.74) is 0. The molecular weight excluding hydrogens is 147 g/mol. The predicted octanol–water partition coefficient (Wildman–Crippen LogP) is -0.391. The van der Waals surface area contributed by atoms with Crippen molar-refractivity contribution >= 4 is 6.47 Å². The normalized spacial score (nSPS) is 3.00. The molecule has 0 heterocycles. The first-order valence-electron chi connectivity index (χ1n) is 0.428. The second kappa shape index (κ2) is 11.3. The number of rotatable bonds is 0. The van der Waals surface area contributed by atoms with Crippen LogP contribution in [0.1, 0.15) is 0 Å². The van der Waals surface area contributed by atoms with Gasteiger partial charge in [-0.15, -0.1) is 0 Å². The van der Waals surface area contributed by atoms with Gasteiger partial charge in [0, 0.05) is 19.5 Å². The Kier molecular flexibility index (Phi) is 25.3. The van der Waals surface area contributed by atoms with Crippen molar-refractivity contribution in [2.24, 2.45) is 0 Å². The zero-order valence-electron chi connectivity index (χ0n) is 1.69. The van der Waals surface area contributed by atoms with Gasteiger partial charge in [0.15, 0.2) is 0 Å². The second-order valence-electron chi connectivity index (χ2n) is 0.0913. The Morgan fingerprint density at radius 3 is 1.75 bits per heavy atom. The van der Waals surface area contributed by atoms with Crippen molar-refractivity contribution in [2.45, 2.75) is 0 Å². The molecule has 0 aromatic heterocycles. The van der Waals surface area contributed by atoms with Gasteiger partial charge in [-0.25, -0.2) is 0 Å². The largest absolute Gasteiger partial charge is 0.665 e. The first kappa shape index (κ1) is 8.94. The summed E-state index contributed by atoms with van der Waals surface area (Å²) >= 11 is 0. The molecule has 0 unspecified atom stereocenters. The van der Waals surface area contributed by atoms with Crippen LogP contribution in [0, 0.1) is 0 Å². The van der Waals surface area contributed by atoms with Crippen molar-refractivity contribution in [3.8, 4) is 0 Å². The van der Waals surface area contributed by atoms with Crippen molar-refractivity contribution in [1.82, 2.24) is 0 Å². The maximum atomic E-state index is 8.24. The summed E-state index contributed by atoms with van der Waals surface area (Å²) in [5.74, 6) is 0. The minimum Gasteiger partial charge on any atom is -0.665 e. The summed E-state index contributed by atoms with van der Waals surface area (Å²) in [6.45, 7) is 0.500. The smallest absolute Gasteiger partial charge is 0 e. The SMILES string of the molecule is O=[C-]O.[Rh]. The molecular formula is CHO2Rh-. The van der Waals surface area contributed by atoms with E-state index in [-0.39, 0.29) is 19.5 Å². The zero-order chi connectivity index (χ0) is 2.71. The molecule has 0 aliphatic rings. The van der Waals surface area contributed by atoms with E-state index in [2.05, 4.69) is 0 Å². The van der Waals surface area contributed by atoms with Gasteiger partial charge < -0.3 is 9.90 Å². The molecule has 2 nitrogen and oxygen atoms in total. The molecule has 3 heteroatoms. The number of aliphatic hydroxyl groups excluding tert-OH is 1. The van der Waals surface area contributed by atoms with Gasteiger partial charge in [-0.05, 0) is 0 Å². The maximum absolute atomic E-state index is 8.24. The van der Waals surface area contributed by atoms with Crippen LogP contribution in [0.15, 0.2) is 0 Å². The first-order chi connectivity index (χ1) is 1.41. The molecule has 0 aliphatic carbocycles. The van der Waals surface area contributed by atoms with Crippen molar-refractivity contribution in [3.63, 3.8) is 0 Å². The van der Waals surface area contributed by atoms with Crippen molar-refractivity contribution in [3.05, 3.63) is 0 Å². The van der Waals surface area contributed by atoms with Crippen LogP contribution in [-0.2, 0) is 24.3 Å². The molecule has 0 aliphatic heterocycles. The van der Waals surface area contributed by atoms with Crippen LogP contribution in [0.4, 0.5) is 0 Å². The van der Waals surface area contributed by atoms with Gasteiger partial charge in [0.1, 0.15) is 0 Å². The van der Waals surface area contributed by atoms with Gasteiger partial charge in [0.25, 0.3) is 0 Å². The average Bonchev–Trinajstić information content (AvgIpc) is 0.918. The van der Waals surface area contributed by atoms with Crippen molar-refractivity contribution in [2.75, 3.05) is 0 Å². The third kappa shape index (κ3) is 287. The molecule has 4 heavy (non-hydrogen) atoms. The fourth-order valence-corrected chi connectivity index (χ4v) is 0. The van der Waals surface area contributed by atoms with E-state index in [4.69, 9.17) is 9.90 Å². The molecule has 0 atom stereocenters. The van der Waals surface area contributed by atoms with E-state index in [1.54, 1.807) is 0 Å². The molecule has 1 N–H and O–H groups in total. The van der Waals surface area contributed by atoms with Crippen LogP contribution in [0.3, 0.4) is 0 Å². The van der Waals surface area contributed by atoms with Crippen LogP contribution in [0.2, 0.25) is 0 Å². The van der Waals surface area contributed by atoms with Crippen LogP contribution in [0.25, 0.3) is 0 Å². The first-order valence-corrected chi connectivity index (χ1v) is 0.428. The Balaban J connectivity index is 0. The summed E-state index contributed by atoms with van der Waals surface area (Å²) in [6, 6.07) is 0. The van der Waals surface area contributed by atoms with Crippen LogP contribution < -0.4 is 0 Å². The van der Waals surface area contributed by atoms with Gasteiger partial charge in [0.2, 0.25) is 0 Å². The van der Waals surface area contributed by atoms with Gasteiger partial charge in [-0.1, -0.05) is 6.47 Å². The monoisotopic (exact) mass is 148 g/mol. The molecule has 0 spiro atoms. The third-order valence-electron chi connectivity index (χ3n) is 0. The molecule has 0 aromatic carbocycles. The molecule has 0 bridgehead atoms. The van der Waals surface area contributed by atoms with E-state index < -0.39 is 0 Å². The van der Waals surface area contributed by atoms with E-state index in [1.165, 1.54) is 0 Å². The van der Waals surface area contributed by atoms with E-state index in [0.29, 0.717) is 6.47 Å². The van der Waals surface area contributed by atoms with Crippen molar-refractivity contribution in [1.29, 1.82) is 0 Å². The van der Waals surface area contributed by atoms with Gasteiger partial charge in [-0.2, -0.15) is 0 Å². The topological polar surface area (TPSA) is 37.3 Å². The molecule has 0 amide bonds. The van der Waals surface area contributed by atoms with Crippen molar-refractivity contribution < 1.29 is 29.4 Å². The van der Waals surface area contributed by atoms with Gasteiger partial charge >= 0.3 is 0 Å². The second-order valence-corrected chi connectivity index (χ2v) is 0.0913. The molecule has 1 radical (unpaired) electrons. The maximum Gasteiger partial charge on any atom is 0 e. The van der Waals surface area contributed by atoms with E-state index >= 15 is 0 Å². The Morgan fingerprint density at radius 1 is 1.75 bits per heavy atom. The van der Waals surface area contributed by atoms with E-state index in [1.807, 2.05) is 0 Å². The molecule has 27 valence electrons. The van der Waals surface area contributed by atoms with E-state index in [0.717, 1.165) is 0 Å². The predicted molar refractivity (Wildman–Crippen MR) is 8.32 cm³/mol. The molecule has 0 fully saturated rings. The third-order valence-corrected chi connectivity index (χ3v) is 0.